The molecule has 0 aliphatic carbocycles. The van der Waals surface area contributed by atoms with Crippen LogP contribution in [0, 0.1) is 0 Å². The zero-order chi connectivity index (χ0) is 25.2. The van der Waals surface area contributed by atoms with Crippen LogP contribution in [0.4, 0.5) is 0 Å². The Hall–Kier alpha value is -0.890. The number of carbonyl (C=O) groups excluding carboxylic acids is 1. The first-order chi connectivity index (χ1) is 16.8. The van der Waals surface area contributed by atoms with Gasteiger partial charge >= 0.3 is 0 Å². The standard InChI is InChI=1S/C18H34O.C14H28O/c1-2-3-4-5-6-7-8-9-10-11-12-13-14-15-16-17-18-19;1-2-3-4-5-6-7-8-9-10-11-12-13-14-15/h5-6,18H,2-4,7-17H2,1H3;5-6,15H,2-4,7-14H2,1H3/b6-5-;6-5+. The van der Waals surface area contributed by atoms with Crippen LogP contribution in [0.1, 0.15) is 168 Å². The number of allylic oxidation sites excluding steroid dienone is 4. The fraction of sp³-hybridized carbons (Fsp3) is 0.844. The minimum Gasteiger partial charge on any atom is -0.396 e. The quantitative estimate of drug-likeness (QED) is 0.0762. The van der Waals surface area contributed by atoms with E-state index < -0.39 is 0 Å². The smallest absolute Gasteiger partial charge is 0.119 e. The van der Waals surface area contributed by atoms with Crippen molar-refractivity contribution in [2.75, 3.05) is 6.61 Å². The highest BCUT2D eigenvalue weighted by atomic mass is 16.2. The second-order valence-electron chi connectivity index (χ2n) is 9.79. The Labute approximate surface area is 215 Å². The number of carbonyl (C=O) groups is 1. The van der Waals surface area contributed by atoms with Crippen molar-refractivity contribution < 1.29 is 9.90 Å². The number of hydrogen-bond donors (Lipinski definition) is 1. The Morgan fingerprint density at radius 1 is 0.412 bits per heavy atom. The summed E-state index contributed by atoms with van der Waals surface area (Å²) < 4.78 is 0. The lowest BCUT2D eigenvalue weighted by atomic mass is 10.1. The molecule has 0 radical (unpaired) electrons. The van der Waals surface area contributed by atoms with E-state index in [-0.39, 0.29) is 0 Å². The van der Waals surface area contributed by atoms with Gasteiger partial charge in [0.1, 0.15) is 6.29 Å². The summed E-state index contributed by atoms with van der Waals surface area (Å²) >= 11 is 0. The molecule has 0 aromatic carbocycles. The number of unbranched alkanes of at least 4 members (excludes halogenated alkanes) is 20. The van der Waals surface area contributed by atoms with Gasteiger partial charge in [-0.15, -0.1) is 0 Å². The molecule has 0 rings (SSSR count). The van der Waals surface area contributed by atoms with E-state index in [9.17, 15) is 4.79 Å². The van der Waals surface area contributed by atoms with E-state index >= 15 is 0 Å². The maximum atomic E-state index is 10.1. The van der Waals surface area contributed by atoms with E-state index in [1.807, 2.05) is 0 Å². The molecule has 0 atom stereocenters. The van der Waals surface area contributed by atoms with E-state index in [0.717, 1.165) is 25.5 Å². The monoisotopic (exact) mass is 478 g/mol. The number of aliphatic hydroxyl groups excluding tert-OH is 1. The van der Waals surface area contributed by atoms with Gasteiger partial charge in [-0.3, -0.25) is 0 Å². The molecular formula is C32H62O2. The zero-order valence-corrected chi connectivity index (χ0v) is 23.4. The number of hydrogen-bond acceptors (Lipinski definition) is 2. The first-order valence-corrected chi connectivity index (χ1v) is 15.2. The van der Waals surface area contributed by atoms with Crippen LogP contribution in [0.3, 0.4) is 0 Å². The van der Waals surface area contributed by atoms with E-state index in [2.05, 4.69) is 38.2 Å². The average molecular weight is 479 g/mol. The van der Waals surface area contributed by atoms with Crippen molar-refractivity contribution in [1.82, 2.24) is 0 Å². The second kappa shape index (κ2) is 36.7. The topological polar surface area (TPSA) is 37.3 Å². The minimum absolute atomic E-state index is 0.361. The van der Waals surface area contributed by atoms with Crippen molar-refractivity contribution >= 4 is 6.29 Å². The van der Waals surface area contributed by atoms with Gasteiger partial charge in [-0.25, -0.2) is 0 Å². The van der Waals surface area contributed by atoms with Crippen molar-refractivity contribution in [2.45, 2.75) is 168 Å². The van der Waals surface area contributed by atoms with Gasteiger partial charge in [0.25, 0.3) is 0 Å². The summed E-state index contributed by atoms with van der Waals surface area (Å²) in [5, 5.41) is 8.60. The molecule has 0 aliphatic heterocycles. The molecule has 0 amide bonds. The highest BCUT2D eigenvalue weighted by Gasteiger charge is 1.92. The Morgan fingerprint density at radius 3 is 1.03 bits per heavy atom. The predicted molar refractivity (Wildman–Crippen MR) is 154 cm³/mol. The lowest BCUT2D eigenvalue weighted by Crippen LogP contribution is -1.83. The molecule has 2 nitrogen and oxygen atoms in total. The molecule has 0 aromatic heterocycles. The summed E-state index contributed by atoms with van der Waals surface area (Å²) in [6, 6.07) is 0. The third kappa shape index (κ3) is 38.4. The largest absolute Gasteiger partial charge is 0.396 e. The van der Waals surface area contributed by atoms with E-state index in [1.54, 1.807) is 0 Å². The average Bonchev–Trinajstić information content (AvgIpc) is 2.85. The Morgan fingerprint density at radius 2 is 0.706 bits per heavy atom. The molecule has 34 heavy (non-hydrogen) atoms. The Balaban J connectivity index is 0. The SMILES string of the molecule is CCCC/C=C/CCCCCCCCO.CCCC/C=C\CCCCCCCCCCCC=O. The highest BCUT2D eigenvalue weighted by Crippen LogP contribution is 2.11. The van der Waals surface area contributed by atoms with Crippen LogP contribution in [0.2, 0.25) is 0 Å². The van der Waals surface area contributed by atoms with Crippen molar-refractivity contribution in [1.29, 1.82) is 0 Å². The second-order valence-corrected chi connectivity index (χ2v) is 9.79. The first-order valence-electron chi connectivity index (χ1n) is 15.2. The molecule has 0 saturated carbocycles. The summed E-state index contributed by atoms with van der Waals surface area (Å²) in [5.41, 5.74) is 0. The van der Waals surface area contributed by atoms with Gasteiger partial charge in [-0.2, -0.15) is 0 Å². The molecule has 0 aliphatic rings. The first kappa shape index (κ1) is 35.3. The van der Waals surface area contributed by atoms with Crippen molar-refractivity contribution in [3.63, 3.8) is 0 Å². The fourth-order valence-electron chi connectivity index (χ4n) is 3.92. The van der Waals surface area contributed by atoms with Crippen LogP contribution in [0.25, 0.3) is 0 Å². The molecule has 0 aromatic rings. The van der Waals surface area contributed by atoms with Crippen LogP contribution < -0.4 is 0 Å². The Bertz CT molecular complexity index is 400. The number of aliphatic hydroxyl groups is 1. The van der Waals surface area contributed by atoms with Gasteiger partial charge in [0.15, 0.2) is 0 Å². The molecule has 0 spiro atoms. The summed E-state index contributed by atoms with van der Waals surface area (Å²) in [4.78, 5) is 10.1. The molecule has 202 valence electrons. The molecule has 1 N–H and O–H groups in total. The lowest BCUT2D eigenvalue weighted by molar-refractivity contribution is -0.107. The van der Waals surface area contributed by atoms with E-state index in [0.29, 0.717) is 6.61 Å². The summed E-state index contributed by atoms with van der Waals surface area (Å²) in [7, 11) is 0. The van der Waals surface area contributed by atoms with Crippen LogP contribution in [-0.4, -0.2) is 18.0 Å². The van der Waals surface area contributed by atoms with E-state index in [4.69, 9.17) is 5.11 Å². The van der Waals surface area contributed by atoms with Crippen LogP contribution >= 0.6 is 0 Å². The van der Waals surface area contributed by atoms with Gasteiger partial charge in [0.2, 0.25) is 0 Å². The van der Waals surface area contributed by atoms with Gasteiger partial charge < -0.3 is 9.90 Å². The van der Waals surface area contributed by atoms with Crippen molar-refractivity contribution in [3.05, 3.63) is 24.3 Å². The van der Waals surface area contributed by atoms with Crippen molar-refractivity contribution in [2.24, 2.45) is 0 Å². The molecule has 0 heterocycles. The summed E-state index contributed by atoms with van der Waals surface area (Å²) in [5.74, 6) is 0. The predicted octanol–water partition coefficient (Wildman–Crippen LogP) is 10.7. The molecule has 0 bridgehead atoms. The maximum Gasteiger partial charge on any atom is 0.119 e. The number of rotatable bonds is 26. The fourth-order valence-corrected chi connectivity index (χ4v) is 3.92. The van der Waals surface area contributed by atoms with Gasteiger partial charge in [-0.05, 0) is 51.4 Å². The number of aldehydes is 1. The molecule has 0 saturated heterocycles. The molecule has 0 fully saturated rings. The minimum atomic E-state index is 0.361. The van der Waals surface area contributed by atoms with Crippen LogP contribution in [-0.2, 0) is 4.79 Å². The lowest BCUT2D eigenvalue weighted by Gasteiger charge is -2.01. The van der Waals surface area contributed by atoms with Crippen molar-refractivity contribution in [3.8, 4) is 0 Å². The summed E-state index contributed by atoms with van der Waals surface area (Å²) in [6.07, 6.45) is 40.9. The highest BCUT2D eigenvalue weighted by molar-refractivity contribution is 5.48. The summed E-state index contributed by atoms with van der Waals surface area (Å²) in [6.45, 7) is 4.84. The van der Waals surface area contributed by atoms with Gasteiger partial charge in [-0.1, -0.05) is 134 Å². The van der Waals surface area contributed by atoms with Gasteiger partial charge in [0.05, 0.1) is 0 Å². The Kier molecular flexibility index (Phi) is 38.0. The van der Waals surface area contributed by atoms with Crippen LogP contribution in [0.5, 0.6) is 0 Å². The maximum absolute atomic E-state index is 10.1. The van der Waals surface area contributed by atoms with Gasteiger partial charge in [0, 0.05) is 13.0 Å². The molecule has 2 heteroatoms. The molecular weight excluding hydrogens is 416 g/mol. The molecule has 0 unspecified atom stereocenters. The zero-order valence-electron chi connectivity index (χ0n) is 23.4. The van der Waals surface area contributed by atoms with E-state index in [1.165, 1.54) is 135 Å². The third-order valence-electron chi connectivity index (χ3n) is 6.25. The third-order valence-corrected chi connectivity index (χ3v) is 6.25. The van der Waals surface area contributed by atoms with Crippen LogP contribution in [0.15, 0.2) is 24.3 Å². The normalized spacial score (nSPS) is 11.3.